The predicted molar refractivity (Wildman–Crippen MR) is 226 cm³/mol. The molecule has 4 aliphatic heterocycles. The van der Waals surface area contributed by atoms with Gasteiger partial charge in [-0.2, -0.15) is 13.2 Å². The van der Waals surface area contributed by atoms with E-state index >= 15 is 17.6 Å². The molecule has 9 rings (SSSR count). The first-order chi connectivity index (χ1) is 29.9. The molecule has 2 aromatic heterocycles. The lowest BCUT2D eigenvalue weighted by Crippen LogP contribution is -2.44. The fraction of sp³-hybridized carbons (Fsp3) is 0.457. The molecule has 3 aromatic carbocycles. The minimum atomic E-state index is -4.93. The molecular weight excluding hydrogens is 831 g/mol. The number of nitrogens with one attached hydrogen (secondary N) is 1. The lowest BCUT2D eigenvalue weighted by atomic mass is 9.94. The zero-order chi connectivity index (χ0) is 43.3. The summed E-state index contributed by atoms with van der Waals surface area (Å²) in [4.78, 5) is 18.8. The molecule has 1 unspecified atom stereocenters. The topological polar surface area (TPSA) is 86.6 Å². The molecule has 3 fully saturated rings. The largest absolute Gasteiger partial charge is 0.497 e. The maximum absolute atomic E-state index is 17.9. The van der Waals surface area contributed by atoms with Crippen LogP contribution < -0.4 is 29.0 Å². The number of methoxy groups -OCH3 is 2. The van der Waals surface area contributed by atoms with Crippen molar-refractivity contribution in [1.82, 2.24) is 14.9 Å². The Hall–Kier alpha value is -4.99. The molecule has 1 N–H and O–H groups in total. The Kier molecular flexibility index (Phi) is 11.6. The summed E-state index contributed by atoms with van der Waals surface area (Å²) in [5.41, 5.74) is -0.945. The van der Waals surface area contributed by atoms with Crippen molar-refractivity contribution in [2.45, 2.75) is 82.5 Å². The molecule has 10 nitrogen and oxygen atoms in total. The summed E-state index contributed by atoms with van der Waals surface area (Å²) in [7, 11) is 3.14. The van der Waals surface area contributed by atoms with Gasteiger partial charge in [0.25, 0.3) is 0 Å². The highest BCUT2D eigenvalue weighted by Gasteiger charge is 2.50. The average Bonchev–Trinajstić information content (AvgIpc) is 3.60. The van der Waals surface area contributed by atoms with Gasteiger partial charge < -0.3 is 23.8 Å². The monoisotopic (exact) mass is 879 g/mol. The third-order valence-electron chi connectivity index (χ3n) is 12.9. The van der Waals surface area contributed by atoms with Gasteiger partial charge in [-0.25, -0.2) is 18.7 Å². The van der Waals surface area contributed by atoms with E-state index in [0.29, 0.717) is 80.3 Å². The van der Waals surface area contributed by atoms with Crippen LogP contribution in [-0.2, 0) is 30.4 Å². The molecule has 62 heavy (non-hydrogen) atoms. The van der Waals surface area contributed by atoms with E-state index in [1.165, 1.54) is 13.0 Å². The molecule has 0 bridgehead atoms. The molecule has 6 heterocycles. The number of rotatable bonds is 11. The Morgan fingerprint density at radius 1 is 0.984 bits per heavy atom. The SMILES string of the molecule is COc1ccc(CN(Cc2ccc(OC)cc2)c2cc(C)c(C(F)(F)F)c(-c3c(Cl)c4c5c([nH+]c(OC[C@@]67CCCN6C[C@H](F)C7)nc5c3F)N3CCCOCC3CC4)n2)cc1. The van der Waals surface area contributed by atoms with Gasteiger partial charge in [-0.05, 0) is 91.7 Å². The van der Waals surface area contributed by atoms with Crippen molar-refractivity contribution in [2.24, 2.45) is 0 Å². The van der Waals surface area contributed by atoms with Crippen LogP contribution in [0.5, 0.6) is 17.5 Å². The second-order valence-corrected chi connectivity index (χ2v) is 17.2. The Bertz CT molecular complexity index is 2410. The third-order valence-corrected chi connectivity index (χ3v) is 13.3. The molecule has 0 amide bonds. The number of hydrogen-bond acceptors (Lipinski definition) is 9. The second kappa shape index (κ2) is 16.9. The molecule has 5 aromatic rings. The van der Waals surface area contributed by atoms with Gasteiger partial charge in [0.1, 0.15) is 30.1 Å². The molecule has 0 radical (unpaired) electrons. The van der Waals surface area contributed by atoms with Gasteiger partial charge in [-0.3, -0.25) is 9.80 Å². The number of anilines is 2. The molecule has 3 saturated heterocycles. The van der Waals surface area contributed by atoms with Gasteiger partial charge in [0, 0.05) is 39.1 Å². The van der Waals surface area contributed by atoms with Gasteiger partial charge in [-0.1, -0.05) is 40.9 Å². The van der Waals surface area contributed by atoms with Crippen LogP contribution in [0.25, 0.3) is 22.2 Å². The zero-order valence-electron chi connectivity index (χ0n) is 34.9. The fourth-order valence-corrected chi connectivity index (χ4v) is 10.3. The third kappa shape index (κ3) is 7.96. The molecule has 0 saturated carbocycles. The van der Waals surface area contributed by atoms with E-state index in [4.69, 9.17) is 35.5 Å². The van der Waals surface area contributed by atoms with Crippen LogP contribution in [-0.4, -0.2) is 86.3 Å². The molecule has 0 spiro atoms. The van der Waals surface area contributed by atoms with Crippen LogP contribution in [0.3, 0.4) is 0 Å². The van der Waals surface area contributed by atoms with Crippen LogP contribution >= 0.6 is 11.6 Å². The number of aromatic amines is 1. The Morgan fingerprint density at radius 2 is 1.68 bits per heavy atom. The highest BCUT2D eigenvalue weighted by Crippen LogP contribution is 2.48. The normalized spacial score (nSPS) is 21.3. The van der Waals surface area contributed by atoms with E-state index in [1.807, 2.05) is 53.4 Å². The van der Waals surface area contributed by atoms with E-state index < -0.39 is 40.5 Å². The first-order valence-electron chi connectivity index (χ1n) is 21.1. The molecule has 3 atom stereocenters. The summed E-state index contributed by atoms with van der Waals surface area (Å²) >= 11 is 7.27. The summed E-state index contributed by atoms with van der Waals surface area (Å²) in [5.74, 6) is 0.949. The summed E-state index contributed by atoms with van der Waals surface area (Å²) in [6, 6.07) is 15.9. The Balaban J connectivity index is 1.22. The quantitative estimate of drug-likeness (QED) is 0.121. The van der Waals surface area contributed by atoms with E-state index in [2.05, 4.69) is 19.8 Å². The standard InChI is InChI=1S/C46H48ClF5N6O4/c1-27-20-35(56(22-28-6-11-32(59-2)12-7-28)23-29-8-13-33(60-3)14-9-29)53-41(38(27)46(50,51)52)37-39(47)34-15-10-31-25-61-19-5-18-58(31)43-36(34)42(40(37)49)54-44(55-43)62-26-45-16-4-17-57(45)24-30(48)21-45/h6-9,11-14,20,30-31H,4-5,10,15-19,21-26H2,1-3H3/p+1/t30-,31?,45+/m1/s1. The number of benzene rings is 3. The summed E-state index contributed by atoms with van der Waals surface area (Å²) in [5, 5.41) is 0.214. The maximum Gasteiger partial charge on any atom is 0.432 e. The van der Waals surface area contributed by atoms with Crippen molar-refractivity contribution >= 4 is 34.1 Å². The van der Waals surface area contributed by atoms with Crippen LogP contribution in [0, 0.1) is 12.7 Å². The first kappa shape index (κ1) is 42.3. The van der Waals surface area contributed by atoms with Gasteiger partial charge >= 0.3 is 12.2 Å². The number of nitrogens with zero attached hydrogens (tertiary/aromatic N) is 5. The van der Waals surface area contributed by atoms with Crippen molar-refractivity contribution in [3.63, 3.8) is 0 Å². The minimum absolute atomic E-state index is 0.0148. The Labute approximate surface area is 361 Å². The van der Waals surface area contributed by atoms with E-state index in [0.717, 1.165) is 30.5 Å². The van der Waals surface area contributed by atoms with Gasteiger partial charge in [0.05, 0.1) is 66.2 Å². The second-order valence-electron chi connectivity index (χ2n) is 16.8. The van der Waals surface area contributed by atoms with Gasteiger partial charge in [0.15, 0.2) is 11.3 Å². The highest BCUT2D eigenvalue weighted by atomic mass is 35.5. The fourth-order valence-electron chi connectivity index (χ4n) is 9.91. The average molecular weight is 880 g/mol. The molecule has 328 valence electrons. The number of aromatic nitrogens is 3. The predicted octanol–water partition coefficient (Wildman–Crippen LogP) is 8.95. The maximum atomic E-state index is 17.9. The van der Waals surface area contributed by atoms with E-state index in [1.54, 1.807) is 14.2 Å². The van der Waals surface area contributed by atoms with Crippen molar-refractivity contribution in [2.75, 3.05) is 63.5 Å². The van der Waals surface area contributed by atoms with Crippen LogP contribution in [0.15, 0.2) is 54.6 Å². The number of H-pyrrole nitrogens is 1. The number of pyridine rings is 1. The van der Waals surface area contributed by atoms with Crippen molar-refractivity contribution in [3.05, 3.63) is 93.3 Å². The molecular formula is C46H49ClF5N6O4+. The van der Waals surface area contributed by atoms with E-state index in [-0.39, 0.29) is 53.7 Å². The lowest BCUT2D eigenvalue weighted by molar-refractivity contribution is -0.386. The number of fused-ring (bicyclic) bond motifs is 3. The highest BCUT2D eigenvalue weighted by molar-refractivity contribution is 6.35. The smallest absolute Gasteiger partial charge is 0.432 e. The summed E-state index contributed by atoms with van der Waals surface area (Å²) in [6.45, 7) is 4.54. The Morgan fingerprint density at radius 3 is 2.34 bits per heavy atom. The van der Waals surface area contributed by atoms with Crippen LogP contribution in [0.4, 0.5) is 33.6 Å². The van der Waals surface area contributed by atoms with E-state index in [9.17, 15) is 4.39 Å². The van der Waals surface area contributed by atoms with Crippen molar-refractivity contribution in [1.29, 1.82) is 0 Å². The lowest BCUT2D eigenvalue weighted by Gasteiger charge is -2.30. The van der Waals surface area contributed by atoms with Crippen molar-refractivity contribution < 1.29 is 45.9 Å². The summed E-state index contributed by atoms with van der Waals surface area (Å²) in [6.07, 6.45) is -2.43. The number of halogens is 6. The number of ether oxygens (including phenoxy) is 4. The number of aryl methyl sites for hydroxylation is 2. The number of hydrogen-bond donors (Lipinski definition) is 0. The molecule has 0 aliphatic carbocycles. The number of alkyl halides is 4. The molecule has 16 heteroatoms. The zero-order valence-corrected chi connectivity index (χ0v) is 35.6. The van der Waals surface area contributed by atoms with Crippen LogP contribution in [0.1, 0.15) is 59.9 Å². The van der Waals surface area contributed by atoms with Gasteiger partial charge in [0.2, 0.25) is 5.82 Å². The van der Waals surface area contributed by atoms with Crippen molar-refractivity contribution in [3.8, 4) is 28.8 Å². The molecule has 4 aliphatic rings. The minimum Gasteiger partial charge on any atom is -0.497 e. The van der Waals surface area contributed by atoms with Gasteiger partial charge in [-0.15, -0.1) is 0 Å². The first-order valence-corrected chi connectivity index (χ1v) is 21.5. The summed E-state index contributed by atoms with van der Waals surface area (Å²) < 4.78 is 102. The van der Waals surface area contributed by atoms with Crippen LogP contribution in [0.2, 0.25) is 5.02 Å².